The summed E-state index contributed by atoms with van der Waals surface area (Å²) in [6, 6.07) is 28.3. The lowest BCUT2D eigenvalue weighted by Gasteiger charge is -2.20. The summed E-state index contributed by atoms with van der Waals surface area (Å²) in [6.45, 7) is 0. The summed E-state index contributed by atoms with van der Waals surface area (Å²) in [7, 11) is 0. The van der Waals surface area contributed by atoms with Crippen molar-refractivity contribution in [2.24, 2.45) is 11.7 Å². The van der Waals surface area contributed by atoms with E-state index in [9.17, 15) is 14.9 Å². The van der Waals surface area contributed by atoms with E-state index in [0.29, 0.717) is 16.4 Å². The zero-order chi connectivity index (χ0) is 25.9. The monoisotopic (exact) mass is 569 g/mol. The molecule has 0 aliphatic heterocycles. The van der Waals surface area contributed by atoms with Crippen molar-refractivity contribution in [2.45, 2.75) is 5.92 Å². The minimum Gasteiger partial charge on any atom is -0.369 e. The van der Waals surface area contributed by atoms with Gasteiger partial charge in [-0.3, -0.25) is 14.7 Å². The molecule has 9 heteroatoms. The molecule has 0 fully saturated rings. The zero-order valence-corrected chi connectivity index (χ0v) is 21.7. The largest absolute Gasteiger partial charge is 0.369 e. The van der Waals surface area contributed by atoms with E-state index >= 15 is 0 Å². The van der Waals surface area contributed by atoms with Crippen molar-refractivity contribution in [2.75, 3.05) is 0 Å². The topological polar surface area (TPSA) is 118 Å². The van der Waals surface area contributed by atoms with Crippen LogP contribution in [0.5, 0.6) is 0 Å². The number of rotatable bonds is 7. The number of carbonyl (C=O) groups is 1. The van der Waals surface area contributed by atoms with Gasteiger partial charge in [-0.25, -0.2) is 4.98 Å². The maximum atomic E-state index is 14.1. The van der Waals surface area contributed by atoms with Crippen LogP contribution in [0.15, 0.2) is 100 Å². The molecule has 37 heavy (non-hydrogen) atoms. The van der Waals surface area contributed by atoms with Crippen molar-refractivity contribution in [3.05, 3.63) is 117 Å². The number of benzene rings is 3. The van der Waals surface area contributed by atoms with Crippen LogP contribution in [0.1, 0.15) is 17.0 Å². The maximum Gasteiger partial charge on any atom is 0.277 e. The third-order valence-corrected chi connectivity index (χ3v) is 7.61. The Labute approximate surface area is 225 Å². The number of amides is 1. The second kappa shape index (κ2) is 10.4. The first kappa shape index (κ1) is 24.4. The summed E-state index contributed by atoms with van der Waals surface area (Å²) >= 11 is 4.78. The number of nitrogens with two attached hydrogens (primary N) is 1. The first-order valence-electron chi connectivity index (χ1n) is 11.3. The van der Waals surface area contributed by atoms with Gasteiger partial charge in [-0.1, -0.05) is 100 Å². The van der Waals surface area contributed by atoms with Crippen molar-refractivity contribution < 1.29 is 4.79 Å². The molecule has 0 aliphatic carbocycles. The number of nitriles is 1. The predicted molar refractivity (Wildman–Crippen MR) is 147 cm³/mol. The van der Waals surface area contributed by atoms with Crippen LogP contribution in [0.25, 0.3) is 26.8 Å². The Hall–Kier alpha value is -4.26. The number of nitrogens with zero attached hydrogens (tertiary/aromatic N) is 3. The Balaban J connectivity index is 1.75. The van der Waals surface area contributed by atoms with Gasteiger partial charge in [0.25, 0.3) is 5.56 Å². The second-order valence-electron chi connectivity index (χ2n) is 8.32. The number of carbonyl (C=O) groups excluding carboxylic acids is 1. The van der Waals surface area contributed by atoms with Gasteiger partial charge in [0.2, 0.25) is 11.0 Å². The van der Waals surface area contributed by atoms with E-state index < -0.39 is 23.3 Å². The van der Waals surface area contributed by atoms with Crippen molar-refractivity contribution in [1.29, 1.82) is 5.26 Å². The Morgan fingerprint density at radius 1 is 1.00 bits per heavy atom. The molecule has 3 N–H and O–H groups in total. The lowest BCUT2D eigenvalue weighted by molar-refractivity contribution is -0.120. The number of aromatic nitrogens is 3. The van der Waals surface area contributed by atoms with E-state index in [4.69, 9.17) is 5.73 Å². The molecule has 0 radical (unpaired) electrons. The quantitative estimate of drug-likeness (QED) is 0.270. The molecule has 5 aromatic rings. The van der Waals surface area contributed by atoms with Crippen LogP contribution < -0.4 is 11.3 Å². The van der Waals surface area contributed by atoms with Crippen LogP contribution in [0.3, 0.4) is 0 Å². The van der Waals surface area contributed by atoms with Crippen LogP contribution in [-0.4, -0.2) is 20.7 Å². The fraction of sp³-hybridized carbons (Fsp3) is 0.0714. The first-order chi connectivity index (χ1) is 18.0. The average molecular weight is 570 g/mol. The van der Waals surface area contributed by atoms with Gasteiger partial charge in [-0.2, -0.15) is 9.94 Å². The van der Waals surface area contributed by atoms with E-state index in [1.807, 2.05) is 66.7 Å². The van der Waals surface area contributed by atoms with Gasteiger partial charge in [0.05, 0.1) is 22.2 Å². The number of H-pyrrole nitrogens is 1. The molecule has 0 spiro atoms. The predicted octanol–water partition coefficient (Wildman–Crippen LogP) is 5.48. The van der Waals surface area contributed by atoms with Crippen molar-refractivity contribution >= 4 is 33.2 Å². The van der Waals surface area contributed by atoms with Crippen molar-refractivity contribution in [3.63, 3.8) is 0 Å². The summed E-state index contributed by atoms with van der Waals surface area (Å²) < 4.78 is 2.20. The van der Waals surface area contributed by atoms with Gasteiger partial charge in [-0.05, 0) is 28.8 Å². The first-order valence-corrected chi connectivity index (χ1v) is 12.9. The molecular formula is C28H20BrN5O2S. The molecule has 3 aromatic carbocycles. The lowest BCUT2D eigenvalue weighted by Crippen LogP contribution is -2.31. The van der Waals surface area contributed by atoms with Gasteiger partial charge in [0, 0.05) is 16.6 Å². The summed E-state index contributed by atoms with van der Waals surface area (Å²) in [6.07, 6.45) is 1.72. The molecule has 0 bridgehead atoms. The van der Waals surface area contributed by atoms with Crippen LogP contribution in [0, 0.1) is 17.2 Å². The molecular weight excluding hydrogens is 550 g/mol. The number of thiazole rings is 1. The normalized spacial score (nSPS) is 12.5. The Morgan fingerprint density at radius 3 is 2.22 bits per heavy atom. The smallest absolute Gasteiger partial charge is 0.277 e. The van der Waals surface area contributed by atoms with Gasteiger partial charge in [-0.15, -0.1) is 0 Å². The number of hydrogen-bond donors (Lipinski definition) is 2. The molecule has 5 rings (SSSR count). The highest BCUT2D eigenvalue weighted by atomic mass is 79.9. The van der Waals surface area contributed by atoms with Crippen molar-refractivity contribution in [1.82, 2.24) is 14.8 Å². The van der Waals surface area contributed by atoms with E-state index in [-0.39, 0.29) is 5.56 Å². The molecule has 182 valence electrons. The average Bonchev–Trinajstić information content (AvgIpc) is 3.54. The zero-order valence-electron chi connectivity index (χ0n) is 19.3. The number of aromatic amines is 1. The standard InChI is InChI=1S/C28H20BrN5O2S/c29-20-13-11-18(12-14-20)23(21(15-30)26(31)35)24-25(19-9-5-2-6-10-19)33-34(27(24)36)28-32-16-22(37-28)17-7-3-1-4-8-17/h1-14,16,21,23,33H,(H2,31,35)/t21-,23-/m0/s1. The molecule has 0 saturated heterocycles. The summed E-state index contributed by atoms with van der Waals surface area (Å²) in [5.41, 5.74) is 8.39. The highest BCUT2D eigenvalue weighted by Crippen LogP contribution is 2.37. The Bertz CT molecular complexity index is 1650. The highest BCUT2D eigenvalue weighted by molar-refractivity contribution is 9.10. The number of nitrogens with one attached hydrogen (secondary N) is 1. The molecule has 0 aliphatic rings. The Morgan fingerprint density at radius 2 is 1.62 bits per heavy atom. The Kier molecular flexibility index (Phi) is 6.86. The lowest BCUT2D eigenvalue weighted by atomic mass is 9.80. The SMILES string of the molecule is N#C[C@H](C(N)=O)[C@H](c1ccc(Br)cc1)c1c(-c2ccccc2)[nH]n(-c2ncc(-c3ccccc3)s2)c1=O. The van der Waals surface area contributed by atoms with Crippen LogP contribution in [-0.2, 0) is 4.79 Å². The van der Waals surface area contributed by atoms with E-state index in [0.717, 1.165) is 20.5 Å². The van der Waals surface area contributed by atoms with E-state index in [1.165, 1.54) is 16.0 Å². The highest BCUT2D eigenvalue weighted by Gasteiger charge is 2.36. The van der Waals surface area contributed by atoms with E-state index in [1.54, 1.807) is 30.5 Å². The van der Waals surface area contributed by atoms with Crippen LogP contribution >= 0.6 is 27.3 Å². The fourth-order valence-electron chi connectivity index (χ4n) is 4.30. The number of halogens is 1. The molecule has 0 saturated carbocycles. The molecule has 2 atom stereocenters. The third kappa shape index (κ3) is 4.77. The molecule has 1 amide bonds. The summed E-state index contributed by atoms with van der Waals surface area (Å²) in [5, 5.41) is 13.6. The molecule has 0 unspecified atom stereocenters. The summed E-state index contributed by atoms with van der Waals surface area (Å²) in [4.78, 5) is 31.9. The van der Waals surface area contributed by atoms with Crippen LogP contribution in [0.4, 0.5) is 0 Å². The minimum atomic E-state index is -1.27. The molecule has 2 heterocycles. The number of hydrogen-bond acceptors (Lipinski definition) is 5. The molecule has 2 aromatic heterocycles. The fourth-order valence-corrected chi connectivity index (χ4v) is 5.45. The third-order valence-electron chi connectivity index (χ3n) is 6.05. The number of primary amides is 1. The maximum absolute atomic E-state index is 14.1. The van der Waals surface area contributed by atoms with Gasteiger partial charge in [0.15, 0.2) is 0 Å². The minimum absolute atomic E-state index is 0.273. The van der Waals surface area contributed by atoms with E-state index in [2.05, 4.69) is 26.0 Å². The van der Waals surface area contributed by atoms with Gasteiger partial charge >= 0.3 is 0 Å². The van der Waals surface area contributed by atoms with Crippen molar-refractivity contribution in [3.8, 4) is 32.9 Å². The van der Waals surface area contributed by atoms with Gasteiger partial charge in [0.1, 0.15) is 5.92 Å². The van der Waals surface area contributed by atoms with Gasteiger partial charge < -0.3 is 5.73 Å². The summed E-state index contributed by atoms with van der Waals surface area (Å²) in [5.74, 6) is -2.97. The second-order valence-corrected chi connectivity index (χ2v) is 10.2. The van der Waals surface area contributed by atoms with Crippen LogP contribution in [0.2, 0.25) is 0 Å². The molecule has 7 nitrogen and oxygen atoms in total.